The maximum absolute atomic E-state index is 12.5. The van der Waals surface area contributed by atoms with E-state index >= 15 is 0 Å². The smallest absolute Gasteiger partial charge is 0.255 e. The van der Waals surface area contributed by atoms with Crippen molar-refractivity contribution < 1.29 is 19.1 Å². The first-order chi connectivity index (χ1) is 15.4. The van der Waals surface area contributed by atoms with Crippen molar-refractivity contribution in [2.75, 3.05) is 37.4 Å². The third-order valence-electron chi connectivity index (χ3n) is 5.40. The molecule has 32 heavy (non-hydrogen) atoms. The lowest BCUT2D eigenvalue weighted by atomic mass is 9.99. The van der Waals surface area contributed by atoms with Crippen molar-refractivity contribution in [2.45, 2.75) is 26.3 Å². The van der Waals surface area contributed by atoms with E-state index in [9.17, 15) is 14.4 Å². The number of hydrogen-bond donors (Lipinski definition) is 3. The van der Waals surface area contributed by atoms with Crippen molar-refractivity contribution >= 4 is 29.1 Å². The van der Waals surface area contributed by atoms with Gasteiger partial charge in [-0.2, -0.15) is 0 Å². The van der Waals surface area contributed by atoms with E-state index in [1.54, 1.807) is 43.5 Å². The lowest BCUT2D eigenvalue weighted by Gasteiger charge is -2.37. The van der Waals surface area contributed by atoms with Gasteiger partial charge in [-0.15, -0.1) is 0 Å². The summed E-state index contributed by atoms with van der Waals surface area (Å²) in [5.41, 5.74) is 1.66. The largest absolute Gasteiger partial charge is 0.495 e. The van der Waals surface area contributed by atoms with Crippen LogP contribution in [0.25, 0.3) is 0 Å². The molecule has 0 aliphatic carbocycles. The predicted octanol–water partition coefficient (Wildman–Crippen LogP) is 2.73. The third-order valence-corrected chi connectivity index (χ3v) is 5.40. The molecule has 170 valence electrons. The monoisotopic (exact) mass is 438 g/mol. The fourth-order valence-electron chi connectivity index (χ4n) is 3.82. The van der Waals surface area contributed by atoms with Gasteiger partial charge in [-0.1, -0.05) is 26.0 Å². The number of anilines is 2. The lowest BCUT2D eigenvalue weighted by molar-refractivity contribution is -0.131. The van der Waals surface area contributed by atoms with Gasteiger partial charge in [-0.25, -0.2) is 0 Å². The highest BCUT2D eigenvalue weighted by molar-refractivity contribution is 6.05. The summed E-state index contributed by atoms with van der Waals surface area (Å²) in [6.07, 6.45) is 0.284. The molecule has 1 heterocycles. The number of hydrogen-bond acceptors (Lipinski definition) is 5. The van der Waals surface area contributed by atoms with Crippen molar-refractivity contribution in [3.63, 3.8) is 0 Å². The molecule has 1 aliphatic rings. The first-order valence-electron chi connectivity index (χ1n) is 10.7. The number of benzene rings is 2. The summed E-state index contributed by atoms with van der Waals surface area (Å²) in [5, 5.41) is 8.56. The van der Waals surface area contributed by atoms with Gasteiger partial charge in [0.15, 0.2) is 0 Å². The second-order valence-electron chi connectivity index (χ2n) is 8.05. The van der Waals surface area contributed by atoms with Crippen LogP contribution in [0.5, 0.6) is 5.75 Å². The molecule has 1 saturated heterocycles. The maximum Gasteiger partial charge on any atom is 0.255 e. The van der Waals surface area contributed by atoms with Crippen LogP contribution in [0, 0.1) is 5.92 Å². The van der Waals surface area contributed by atoms with Crippen LogP contribution < -0.4 is 20.7 Å². The van der Waals surface area contributed by atoms with E-state index < -0.39 is 0 Å². The fraction of sp³-hybridized carbons (Fsp3) is 0.375. The van der Waals surface area contributed by atoms with Crippen LogP contribution in [0.1, 0.15) is 30.6 Å². The normalized spacial score (nSPS) is 16.4. The second-order valence-corrected chi connectivity index (χ2v) is 8.05. The van der Waals surface area contributed by atoms with Gasteiger partial charge in [0.25, 0.3) is 5.91 Å². The van der Waals surface area contributed by atoms with Gasteiger partial charge >= 0.3 is 0 Å². The Morgan fingerprint density at radius 1 is 1.12 bits per heavy atom. The Morgan fingerprint density at radius 2 is 1.84 bits per heavy atom. The molecule has 3 N–H and O–H groups in total. The molecule has 0 radical (unpaired) electrons. The lowest BCUT2D eigenvalue weighted by Crippen LogP contribution is -2.57. The number of carbonyl (C=O) groups is 3. The van der Waals surface area contributed by atoms with Gasteiger partial charge in [0, 0.05) is 37.3 Å². The van der Waals surface area contributed by atoms with Gasteiger partial charge in [-0.05, 0) is 42.3 Å². The van der Waals surface area contributed by atoms with E-state index in [2.05, 4.69) is 20.9 Å². The third kappa shape index (κ3) is 5.85. The minimum Gasteiger partial charge on any atom is -0.495 e. The average molecular weight is 439 g/mol. The van der Waals surface area contributed by atoms with Gasteiger partial charge in [0.1, 0.15) is 5.75 Å². The molecule has 8 nitrogen and oxygen atoms in total. The Bertz CT molecular complexity index is 959. The number of carbonyl (C=O) groups excluding carboxylic acids is 3. The first-order valence-corrected chi connectivity index (χ1v) is 10.7. The number of nitrogens with zero attached hydrogens (tertiary/aromatic N) is 1. The number of rotatable bonds is 8. The SMILES string of the molecule is COc1ccccc1NC(=O)c1ccc(NC(=O)CCN2CCNC(=O)C2C(C)C)cc1. The van der Waals surface area contributed by atoms with Gasteiger partial charge in [-0.3, -0.25) is 19.3 Å². The summed E-state index contributed by atoms with van der Waals surface area (Å²) >= 11 is 0. The molecule has 8 heteroatoms. The van der Waals surface area contributed by atoms with Gasteiger partial charge < -0.3 is 20.7 Å². The topological polar surface area (TPSA) is 99.8 Å². The number of ether oxygens (including phenoxy) is 1. The van der Waals surface area contributed by atoms with E-state index in [1.165, 1.54) is 0 Å². The Kier molecular flexibility index (Phi) is 7.83. The molecular formula is C24H30N4O4. The summed E-state index contributed by atoms with van der Waals surface area (Å²) in [5.74, 6) is 0.373. The van der Waals surface area contributed by atoms with Crippen LogP contribution in [0.4, 0.5) is 11.4 Å². The van der Waals surface area contributed by atoms with E-state index in [-0.39, 0.29) is 36.1 Å². The Hall–Kier alpha value is -3.39. The van der Waals surface area contributed by atoms with Crippen LogP contribution in [0.2, 0.25) is 0 Å². The van der Waals surface area contributed by atoms with Gasteiger partial charge in [0.05, 0.1) is 18.8 Å². The minimum atomic E-state index is -0.268. The zero-order chi connectivity index (χ0) is 23.1. The number of methoxy groups -OCH3 is 1. The standard InChI is InChI=1S/C24H30N4O4/c1-16(2)22-24(31)25-13-15-28(22)14-12-21(29)26-18-10-8-17(9-11-18)23(30)27-19-6-4-5-7-20(19)32-3/h4-11,16,22H,12-15H2,1-3H3,(H,25,31)(H,26,29)(H,27,30). The zero-order valence-electron chi connectivity index (χ0n) is 18.7. The maximum atomic E-state index is 12.5. The fourth-order valence-corrected chi connectivity index (χ4v) is 3.82. The number of amides is 3. The van der Waals surface area contributed by atoms with Gasteiger partial charge in [0.2, 0.25) is 11.8 Å². The highest BCUT2D eigenvalue weighted by atomic mass is 16.5. The van der Waals surface area contributed by atoms with E-state index in [1.807, 2.05) is 26.0 Å². The van der Waals surface area contributed by atoms with Crippen LogP contribution in [0.3, 0.4) is 0 Å². The molecule has 1 unspecified atom stereocenters. The van der Waals surface area contributed by atoms with Crippen LogP contribution in [-0.4, -0.2) is 55.4 Å². The average Bonchev–Trinajstić information content (AvgIpc) is 2.78. The number of nitrogens with one attached hydrogen (secondary N) is 3. The van der Waals surface area contributed by atoms with Crippen molar-refractivity contribution in [1.82, 2.24) is 10.2 Å². The van der Waals surface area contributed by atoms with Crippen LogP contribution in [-0.2, 0) is 9.59 Å². The van der Waals surface area contributed by atoms with Crippen LogP contribution in [0.15, 0.2) is 48.5 Å². The molecule has 1 aliphatic heterocycles. The Morgan fingerprint density at radius 3 is 2.53 bits per heavy atom. The number of para-hydroxylation sites is 2. The van der Waals surface area contributed by atoms with Crippen LogP contribution >= 0.6 is 0 Å². The quantitative estimate of drug-likeness (QED) is 0.589. The highest BCUT2D eigenvalue weighted by Crippen LogP contribution is 2.24. The molecule has 3 amide bonds. The first kappa shape index (κ1) is 23.3. The molecule has 2 aromatic carbocycles. The van der Waals surface area contributed by atoms with Crippen molar-refractivity contribution in [1.29, 1.82) is 0 Å². The van der Waals surface area contributed by atoms with Crippen molar-refractivity contribution in [3.8, 4) is 5.75 Å². The minimum absolute atomic E-state index is 0.0219. The highest BCUT2D eigenvalue weighted by Gasteiger charge is 2.31. The molecule has 0 bridgehead atoms. The Labute approximate surface area is 188 Å². The second kappa shape index (κ2) is 10.8. The van der Waals surface area contributed by atoms with E-state index in [4.69, 9.17) is 4.74 Å². The summed E-state index contributed by atoms with van der Waals surface area (Å²) in [6, 6.07) is 13.7. The number of piperazine rings is 1. The zero-order valence-corrected chi connectivity index (χ0v) is 18.7. The molecule has 3 rings (SSSR count). The summed E-state index contributed by atoms with van der Waals surface area (Å²) in [6.45, 7) is 5.86. The van der Waals surface area contributed by atoms with E-state index in [0.29, 0.717) is 35.8 Å². The molecule has 1 fully saturated rings. The molecular weight excluding hydrogens is 408 g/mol. The molecule has 0 saturated carbocycles. The predicted molar refractivity (Wildman–Crippen MR) is 124 cm³/mol. The van der Waals surface area contributed by atoms with Crippen molar-refractivity contribution in [2.24, 2.45) is 5.92 Å². The summed E-state index contributed by atoms with van der Waals surface area (Å²) in [7, 11) is 1.55. The molecule has 0 spiro atoms. The molecule has 2 aromatic rings. The van der Waals surface area contributed by atoms with E-state index in [0.717, 1.165) is 6.54 Å². The molecule has 0 aromatic heterocycles. The van der Waals surface area contributed by atoms with Crippen molar-refractivity contribution in [3.05, 3.63) is 54.1 Å². The summed E-state index contributed by atoms with van der Waals surface area (Å²) < 4.78 is 5.25. The molecule has 1 atom stereocenters. The Balaban J connectivity index is 1.53. The summed E-state index contributed by atoms with van der Waals surface area (Å²) in [4.78, 5) is 39.1.